The average molecular weight is 410 g/mol. The quantitative estimate of drug-likeness (QED) is 0.323. The van der Waals surface area contributed by atoms with E-state index < -0.39 is 0 Å². The molecule has 0 unspecified atom stereocenters. The molecule has 0 saturated carbocycles. The molecule has 3 rings (SSSR count). The summed E-state index contributed by atoms with van der Waals surface area (Å²) in [4.78, 5) is 9.41. The first-order chi connectivity index (χ1) is 14.6. The lowest BCUT2D eigenvalue weighted by Gasteiger charge is -2.13. The van der Waals surface area contributed by atoms with Crippen molar-refractivity contribution in [1.29, 1.82) is 0 Å². The Hall–Kier alpha value is -3.06. The molecule has 0 amide bonds. The molecule has 0 aliphatic heterocycles. The smallest absolute Gasteiger partial charge is 0.191 e. The predicted molar refractivity (Wildman–Crippen MR) is 120 cm³/mol. The van der Waals surface area contributed by atoms with Gasteiger partial charge in [0.05, 0.1) is 25.4 Å². The zero-order valence-electron chi connectivity index (χ0n) is 18.2. The summed E-state index contributed by atoms with van der Waals surface area (Å²) in [5.41, 5.74) is 5.27. The third-order valence-corrected chi connectivity index (χ3v) is 4.70. The maximum absolute atomic E-state index is 5.88. The van der Waals surface area contributed by atoms with Gasteiger partial charge in [-0.1, -0.05) is 18.2 Å². The zero-order valence-corrected chi connectivity index (χ0v) is 18.2. The fourth-order valence-electron chi connectivity index (χ4n) is 3.13. The van der Waals surface area contributed by atoms with Gasteiger partial charge in [-0.3, -0.25) is 0 Å². The molecule has 7 heteroatoms. The highest BCUT2D eigenvalue weighted by Gasteiger charge is 2.07. The molecule has 2 aromatic heterocycles. The van der Waals surface area contributed by atoms with Crippen LogP contribution in [-0.2, 0) is 17.8 Å². The summed E-state index contributed by atoms with van der Waals surface area (Å²) in [7, 11) is 1.67. The molecule has 7 nitrogen and oxygen atoms in total. The number of pyridine rings is 1. The molecule has 0 spiro atoms. The summed E-state index contributed by atoms with van der Waals surface area (Å²) in [5.74, 6) is 1.59. The van der Waals surface area contributed by atoms with Crippen molar-refractivity contribution in [1.82, 2.24) is 20.0 Å². The van der Waals surface area contributed by atoms with Gasteiger partial charge in [-0.15, -0.1) is 0 Å². The molecule has 30 heavy (non-hydrogen) atoms. The van der Waals surface area contributed by atoms with Gasteiger partial charge < -0.3 is 24.5 Å². The Kier molecular flexibility index (Phi) is 7.68. The maximum atomic E-state index is 5.88. The minimum atomic E-state index is 0.516. The summed E-state index contributed by atoms with van der Waals surface area (Å²) in [6.07, 6.45) is 2.06. The average Bonchev–Trinajstić information content (AvgIpc) is 3.16. The van der Waals surface area contributed by atoms with E-state index in [4.69, 9.17) is 14.5 Å². The number of nitrogens with one attached hydrogen (secondary N) is 2. The van der Waals surface area contributed by atoms with Gasteiger partial charge in [0.1, 0.15) is 18.0 Å². The second-order valence-electron chi connectivity index (χ2n) is 7.13. The molecule has 0 aliphatic carbocycles. The van der Waals surface area contributed by atoms with Crippen molar-refractivity contribution in [3.05, 3.63) is 65.1 Å². The number of aliphatic imine (C=N–C) groups is 1. The van der Waals surface area contributed by atoms with Gasteiger partial charge in [0.15, 0.2) is 5.96 Å². The minimum Gasteiger partial charge on any atom is -0.491 e. The van der Waals surface area contributed by atoms with Gasteiger partial charge in [0.2, 0.25) is 0 Å². The summed E-state index contributed by atoms with van der Waals surface area (Å²) >= 11 is 0. The fraction of sp³-hybridized carbons (Fsp3) is 0.391. The Morgan fingerprint density at radius 3 is 2.77 bits per heavy atom. The monoisotopic (exact) mass is 409 g/mol. The first kappa shape index (κ1) is 21.6. The molecule has 2 heterocycles. The molecule has 0 aliphatic rings. The van der Waals surface area contributed by atoms with Crippen molar-refractivity contribution in [2.45, 2.75) is 33.9 Å². The van der Waals surface area contributed by atoms with Crippen molar-refractivity contribution in [3.63, 3.8) is 0 Å². The number of hydrogen-bond donors (Lipinski definition) is 2. The van der Waals surface area contributed by atoms with Gasteiger partial charge in [0.25, 0.3) is 0 Å². The van der Waals surface area contributed by atoms with Crippen LogP contribution in [0.2, 0.25) is 0 Å². The zero-order chi connectivity index (χ0) is 21.3. The lowest BCUT2D eigenvalue weighted by molar-refractivity contribution is 0.145. The van der Waals surface area contributed by atoms with Crippen LogP contribution in [0.25, 0.3) is 5.65 Å². The molecule has 2 N–H and O–H groups in total. The highest BCUT2D eigenvalue weighted by Crippen LogP contribution is 2.21. The van der Waals surface area contributed by atoms with E-state index in [0.717, 1.165) is 46.4 Å². The van der Waals surface area contributed by atoms with E-state index in [0.29, 0.717) is 26.3 Å². The van der Waals surface area contributed by atoms with Crippen LogP contribution in [-0.4, -0.2) is 42.2 Å². The molecule has 1 aromatic carbocycles. The largest absolute Gasteiger partial charge is 0.491 e. The van der Waals surface area contributed by atoms with Crippen LogP contribution in [0.5, 0.6) is 5.75 Å². The van der Waals surface area contributed by atoms with Crippen LogP contribution in [0.1, 0.15) is 29.4 Å². The molecule has 0 radical (unpaired) electrons. The lowest BCUT2D eigenvalue weighted by Crippen LogP contribution is -2.36. The van der Waals surface area contributed by atoms with Crippen molar-refractivity contribution in [2.75, 3.05) is 26.9 Å². The number of nitrogens with zero attached hydrogens (tertiary/aromatic N) is 3. The highest BCUT2D eigenvalue weighted by molar-refractivity contribution is 5.79. The number of benzene rings is 1. The van der Waals surface area contributed by atoms with Crippen LogP contribution in [0, 0.1) is 13.8 Å². The van der Waals surface area contributed by atoms with Crippen LogP contribution >= 0.6 is 0 Å². The van der Waals surface area contributed by atoms with Crippen LogP contribution in [0.3, 0.4) is 0 Å². The molecular formula is C23H31N5O2. The first-order valence-electron chi connectivity index (χ1n) is 10.3. The van der Waals surface area contributed by atoms with Gasteiger partial charge in [-0.2, -0.15) is 0 Å². The summed E-state index contributed by atoms with van der Waals surface area (Å²) < 4.78 is 13.1. The van der Waals surface area contributed by atoms with E-state index in [9.17, 15) is 0 Å². The van der Waals surface area contributed by atoms with Gasteiger partial charge in [-0.25, -0.2) is 9.98 Å². The normalized spacial score (nSPS) is 11.7. The van der Waals surface area contributed by atoms with E-state index >= 15 is 0 Å². The van der Waals surface area contributed by atoms with Crippen LogP contribution in [0.4, 0.5) is 0 Å². The second-order valence-corrected chi connectivity index (χ2v) is 7.13. The van der Waals surface area contributed by atoms with Crippen LogP contribution < -0.4 is 15.4 Å². The molecule has 3 aromatic rings. The Bertz CT molecular complexity index is 996. The molecule has 0 atom stereocenters. The van der Waals surface area contributed by atoms with E-state index in [-0.39, 0.29) is 0 Å². The molecular weight excluding hydrogens is 378 g/mol. The van der Waals surface area contributed by atoms with Gasteiger partial charge >= 0.3 is 0 Å². The Balaban J connectivity index is 1.69. The predicted octanol–water partition coefficient (Wildman–Crippen LogP) is 3.23. The number of aromatic nitrogens is 2. The third-order valence-electron chi connectivity index (χ3n) is 4.70. The van der Waals surface area contributed by atoms with Crippen molar-refractivity contribution >= 4 is 11.6 Å². The number of rotatable bonds is 9. The molecule has 0 fully saturated rings. The van der Waals surface area contributed by atoms with Gasteiger partial charge in [-0.05, 0) is 44.5 Å². The lowest BCUT2D eigenvalue weighted by atomic mass is 10.1. The number of aryl methyl sites for hydroxylation is 2. The minimum absolute atomic E-state index is 0.516. The number of fused-ring (bicyclic) bond motifs is 1. The second kappa shape index (κ2) is 10.6. The van der Waals surface area contributed by atoms with Crippen molar-refractivity contribution in [3.8, 4) is 5.75 Å². The van der Waals surface area contributed by atoms with E-state index in [1.54, 1.807) is 7.11 Å². The molecule has 0 saturated heterocycles. The molecule has 160 valence electrons. The van der Waals surface area contributed by atoms with E-state index in [1.165, 1.54) is 0 Å². The van der Waals surface area contributed by atoms with Crippen molar-refractivity contribution < 1.29 is 9.47 Å². The Morgan fingerprint density at radius 1 is 1.13 bits per heavy atom. The van der Waals surface area contributed by atoms with Crippen molar-refractivity contribution in [2.24, 2.45) is 4.99 Å². The molecule has 0 bridgehead atoms. The summed E-state index contributed by atoms with van der Waals surface area (Å²) in [6.45, 7) is 9.14. The first-order valence-corrected chi connectivity index (χ1v) is 10.3. The standard InChI is InChI=1S/C23H31N5O2/c1-5-24-23(26-15-20-16-28-18(3)7-6-8-22(28)27-20)25-14-19-10-9-17(2)13-21(19)30-12-11-29-4/h6-10,13,16H,5,11-12,14-15H2,1-4H3,(H2,24,25,26). The topological polar surface area (TPSA) is 72.2 Å². The maximum Gasteiger partial charge on any atom is 0.191 e. The number of guanidine groups is 1. The van der Waals surface area contributed by atoms with Gasteiger partial charge in [0, 0.05) is 31.1 Å². The summed E-state index contributed by atoms with van der Waals surface area (Å²) in [5, 5.41) is 6.67. The highest BCUT2D eigenvalue weighted by atomic mass is 16.5. The third kappa shape index (κ3) is 5.73. The number of methoxy groups -OCH3 is 1. The summed E-state index contributed by atoms with van der Waals surface area (Å²) in [6, 6.07) is 12.3. The number of hydrogen-bond acceptors (Lipinski definition) is 4. The number of imidazole rings is 1. The van der Waals surface area contributed by atoms with E-state index in [1.807, 2.05) is 18.2 Å². The Morgan fingerprint density at radius 2 is 2.00 bits per heavy atom. The SMILES string of the molecule is CCNC(=NCc1ccc(C)cc1OCCOC)NCc1cn2c(C)cccc2n1. The van der Waals surface area contributed by atoms with Crippen LogP contribution in [0.15, 0.2) is 47.6 Å². The fourth-order valence-corrected chi connectivity index (χ4v) is 3.13. The van der Waals surface area contributed by atoms with E-state index in [2.05, 4.69) is 65.2 Å². The number of ether oxygens (including phenoxy) is 2. The Labute approximate surface area is 178 Å².